The van der Waals surface area contributed by atoms with Gasteiger partial charge in [-0.2, -0.15) is 0 Å². The normalized spacial score (nSPS) is 17.5. The molecule has 0 radical (unpaired) electrons. The maximum atomic E-state index is 5.53. The van der Waals surface area contributed by atoms with Crippen molar-refractivity contribution < 1.29 is 0 Å². The highest BCUT2D eigenvalue weighted by Gasteiger charge is 2.40. The van der Waals surface area contributed by atoms with Gasteiger partial charge in [0.2, 0.25) is 0 Å². The van der Waals surface area contributed by atoms with Gasteiger partial charge in [-0.3, -0.25) is 0 Å². The molecule has 1 aliphatic carbocycles. The zero-order valence-corrected chi connectivity index (χ0v) is 37.5. The molecule has 6 heteroatoms. The second-order valence-corrected chi connectivity index (χ2v) is 19.5. The molecule has 8 aromatic carbocycles. The van der Waals surface area contributed by atoms with Gasteiger partial charge in [0.05, 0.1) is 17.0 Å². The van der Waals surface area contributed by atoms with E-state index in [4.69, 9.17) is 9.98 Å². The van der Waals surface area contributed by atoms with Crippen LogP contribution in [0.1, 0.15) is 46.1 Å². The number of allylic oxidation sites excluding steroid dienone is 1. The Morgan fingerprint density at radius 1 is 0.523 bits per heavy atom. The van der Waals surface area contributed by atoms with Gasteiger partial charge in [0.25, 0.3) is 0 Å². The summed E-state index contributed by atoms with van der Waals surface area (Å²) >= 11 is 3.81. The van der Waals surface area contributed by atoms with Crippen LogP contribution in [0.3, 0.4) is 0 Å². The third-order valence-corrected chi connectivity index (χ3v) is 16.1. The van der Waals surface area contributed by atoms with E-state index in [1.54, 1.807) is 0 Å². The number of nitrogens with zero attached hydrogens (tertiary/aromatic N) is 4. The van der Waals surface area contributed by atoms with Crippen LogP contribution in [0.2, 0.25) is 0 Å². The summed E-state index contributed by atoms with van der Waals surface area (Å²) in [7, 11) is 2.18. The van der Waals surface area contributed by atoms with Crippen molar-refractivity contribution in [1.82, 2.24) is 9.47 Å². The minimum absolute atomic E-state index is 0.000135. The Kier molecular flexibility index (Phi) is 8.87. The van der Waals surface area contributed by atoms with E-state index in [-0.39, 0.29) is 18.0 Å². The van der Waals surface area contributed by atoms with Crippen molar-refractivity contribution in [3.05, 3.63) is 221 Å². The van der Waals surface area contributed by atoms with Crippen LogP contribution in [0.25, 0.3) is 80.5 Å². The summed E-state index contributed by atoms with van der Waals surface area (Å²) < 4.78 is 6.42. The molecule has 0 bridgehead atoms. The number of rotatable bonds is 6. The number of amidine groups is 2. The predicted octanol–water partition coefficient (Wildman–Crippen LogP) is 15.8. The summed E-state index contributed by atoms with van der Waals surface area (Å²) in [5.74, 6) is 1.93. The summed E-state index contributed by atoms with van der Waals surface area (Å²) in [6.45, 7) is 2.40. The van der Waals surface area contributed by atoms with E-state index in [1.807, 2.05) is 22.7 Å². The molecular weight excluding hydrogens is 829 g/mol. The largest absolute Gasteiger partial charge is 0.337 e. The van der Waals surface area contributed by atoms with Crippen LogP contribution in [-0.4, -0.2) is 28.2 Å². The Bertz CT molecular complexity index is 3760. The summed E-state index contributed by atoms with van der Waals surface area (Å²) in [5, 5.41) is 6.53. The smallest absolute Gasteiger partial charge is 0.159 e. The molecular formula is C59H42N4S2. The fourth-order valence-corrected chi connectivity index (χ4v) is 13.2. The third-order valence-electron chi connectivity index (χ3n) is 13.7. The number of thiophene rings is 2. The van der Waals surface area contributed by atoms with Gasteiger partial charge in [-0.1, -0.05) is 159 Å². The van der Waals surface area contributed by atoms with Crippen LogP contribution in [-0.2, 0) is 0 Å². The summed E-state index contributed by atoms with van der Waals surface area (Å²) in [4.78, 5) is 14.5. The van der Waals surface area contributed by atoms with Crippen LogP contribution >= 0.6 is 22.7 Å². The highest BCUT2D eigenvalue weighted by molar-refractivity contribution is 7.26. The quantitative estimate of drug-likeness (QED) is 0.164. The van der Waals surface area contributed by atoms with Crippen LogP contribution < -0.4 is 0 Å². The van der Waals surface area contributed by atoms with Crippen molar-refractivity contribution in [1.29, 1.82) is 0 Å². The average molecular weight is 871 g/mol. The molecule has 0 amide bonds. The predicted molar refractivity (Wildman–Crippen MR) is 278 cm³/mol. The van der Waals surface area contributed by atoms with E-state index in [9.17, 15) is 0 Å². The van der Waals surface area contributed by atoms with Crippen LogP contribution in [0.4, 0.5) is 0 Å². The highest BCUT2D eigenvalue weighted by atomic mass is 32.1. The van der Waals surface area contributed by atoms with Crippen LogP contribution in [0.15, 0.2) is 204 Å². The first-order valence-electron chi connectivity index (χ1n) is 22.3. The lowest BCUT2D eigenvalue weighted by Gasteiger charge is -2.39. The van der Waals surface area contributed by atoms with Gasteiger partial charge in [-0.05, 0) is 93.2 Å². The SMILES string of the molecule is CC1C(c2cccc(-c3ccc4c5c6sc7ccccc7c6ccc5n(-c5ccccc5)c4c3)c2)=Cc2c(sc3ccccc23)C1C1=NC(c2ccccc2)=NC(c2ccccc2)N1C. The van der Waals surface area contributed by atoms with Gasteiger partial charge in [-0.15, -0.1) is 22.7 Å². The van der Waals surface area contributed by atoms with Crippen LogP contribution in [0.5, 0.6) is 0 Å². The van der Waals surface area contributed by atoms with E-state index >= 15 is 0 Å². The molecule has 0 N–H and O–H groups in total. The molecule has 2 aliphatic rings. The zero-order valence-electron chi connectivity index (χ0n) is 35.9. The van der Waals surface area contributed by atoms with E-state index in [1.165, 1.54) is 84.8 Å². The Morgan fingerprint density at radius 3 is 1.97 bits per heavy atom. The number of benzene rings is 8. The fraction of sp³-hybridized carbons (Fsp3) is 0.0847. The van der Waals surface area contributed by atoms with E-state index in [2.05, 4.69) is 224 Å². The Labute approximate surface area is 385 Å². The van der Waals surface area contributed by atoms with Crippen molar-refractivity contribution >= 4 is 98.1 Å². The van der Waals surface area contributed by atoms with Gasteiger partial charge < -0.3 is 9.47 Å². The molecule has 4 nitrogen and oxygen atoms in total. The molecule has 0 spiro atoms. The van der Waals surface area contributed by atoms with Crippen molar-refractivity contribution in [3.63, 3.8) is 0 Å². The minimum atomic E-state index is -0.210. The Hall–Kier alpha value is -7.38. The first-order chi connectivity index (χ1) is 32.1. The number of likely N-dealkylation sites (N-methyl/N-ethyl adjacent to an activating group) is 1. The molecule has 310 valence electrons. The molecule has 11 aromatic rings. The van der Waals surface area contributed by atoms with E-state index in [0.29, 0.717) is 0 Å². The Morgan fingerprint density at radius 2 is 1.17 bits per heavy atom. The number of fused-ring (bicyclic) bond motifs is 10. The molecule has 3 unspecified atom stereocenters. The molecule has 4 heterocycles. The van der Waals surface area contributed by atoms with Crippen molar-refractivity contribution in [3.8, 4) is 16.8 Å². The molecule has 0 fully saturated rings. The van der Waals surface area contributed by atoms with E-state index in [0.717, 1.165) is 28.5 Å². The molecule has 3 aromatic heterocycles. The lowest BCUT2D eigenvalue weighted by molar-refractivity contribution is 0.363. The van der Waals surface area contributed by atoms with Crippen molar-refractivity contribution in [2.45, 2.75) is 19.0 Å². The molecule has 65 heavy (non-hydrogen) atoms. The number of aliphatic imine (C=N–C) groups is 2. The first kappa shape index (κ1) is 38.1. The maximum Gasteiger partial charge on any atom is 0.159 e. The number of hydrogen-bond acceptors (Lipinski definition) is 5. The summed E-state index contributed by atoms with van der Waals surface area (Å²) in [6.07, 6.45) is 2.27. The van der Waals surface area contributed by atoms with Gasteiger partial charge in [-0.25, -0.2) is 9.98 Å². The van der Waals surface area contributed by atoms with Crippen molar-refractivity contribution in [2.24, 2.45) is 15.9 Å². The number of para-hydroxylation sites is 1. The summed E-state index contributed by atoms with van der Waals surface area (Å²) in [5.41, 5.74) is 12.0. The van der Waals surface area contributed by atoms with Crippen molar-refractivity contribution in [2.75, 3.05) is 7.05 Å². The lowest BCUT2D eigenvalue weighted by Crippen LogP contribution is -2.41. The lowest BCUT2D eigenvalue weighted by atomic mass is 9.75. The standard InChI is InChI=1S/C59H42N4S2/c1-36-47(35-48-44-26-13-15-28-52(44)65-56(48)53(36)59-61-57(37-17-6-3-7-18-37)60-58(62(59)2)38-19-8-4-9-20-38)41-22-16-21-39(33-41)40-29-30-46-50(34-40)63(42-23-10-5-11-24-42)49-32-31-45-43-25-12-14-27-51(43)64-55(45)54(46)49/h3-36,53,58H,1-2H3. The second kappa shape index (κ2) is 15.1. The molecule has 0 saturated carbocycles. The Balaban J connectivity index is 0.967. The van der Waals surface area contributed by atoms with Crippen LogP contribution in [0, 0.1) is 5.92 Å². The number of aromatic nitrogens is 1. The second-order valence-electron chi connectivity index (χ2n) is 17.3. The van der Waals surface area contributed by atoms with Gasteiger partial charge in [0.15, 0.2) is 5.84 Å². The highest BCUT2D eigenvalue weighted by Crippen LogP contribution is 2.51. The maximum absolute atomic E-state index is 5.53. The first-order valence-corrected chi connectivity index (χ1v) is 24.0. The summed E-state index contributed by atoms with van der Waals surface area (Å²) in [6, 6.07) is 70.6. The average Bonchev–Trinajstić information content (AvgIpc) is 4.04. The molecule has 3 atom stereocenters. The fourth-order valence-electron chi connectivity index (χ4n) is 10.5. The molecule has 1 aliphatic heterocycles. The monoisotopic (exact) mass is 870 g/mol. The van der Waals surface area contributed by atoms with Gasteiger partial charge in [0, 0.05) is 58.8 Å². The third kappa shape index (κ3) is 6.08. The number of hydrogen-bond donors (Lipinski definition) is 0. The van der Waals surface area contributed by atoms with Gasteiger partial charge >= 0.3 is 0 Å². The molecule has 13 rings (SSSR count). The topological polar surface area (TPSA) is 32.9 Å². The zero-order chi connectivity index (χ0) is 43.2. The minimum Gasteiger partial charge on any atom is -0.337 e. The van der Waals surface area contributed by atoms with E-state index < -0.39 is 0 Å². The van der Waals surface area contributed by atoms with Gasteiger partial charge in [0.1, 0.15) is 12.0 Å². The molecule has 0 saturated heterocycles.